The molecule has 0 saturated carbocycles. The number of hydrogen-bond acceptors (Lipinski definition) is 2. The van der Waals surface area contributed by atoms with E-state index in [-0.39, 0.29) is 11.1 Å². The molecule has 78 valence electrons. The fourth-order valence-corrected chi connectivity index (χ4v) is 1.48. The van der Waals surface area contributed by atoms with Crippen molar-refractivity contribution in [1.29, 1.82) is 0 Å². The van der Waals surface area contributed by atoms with Crippen molar-refractivity contribution in [3.63, 3.8) is 0 Å². The molecule has 0 unspecified atom stereocenters. The SMILES string of the molecule is CCOc1c(Cl)cc(F)cc1[C@@H](C)N. The van der Waals surface area contributed by atoms with Crippen molar-refractivity contribution in [2.45, 2.75) is 19.9 Å². The van der Waals surface area contributed by atoms with Crippen molar-refractivity contribution < 1.29 is 9.13 Å². The fraction of sp³-hybridized carbons (Fsp3) is 0.400. The molecule has 0 aliphatic heterocycles. The van der Waals surface area contributed by atoms with E-state index in [4.69, 9.17) is 22.1 Å². The molecule has 0 heterocycles. The van der Waals surface area contributed by atoms with E-state index in [9.17, 15) is 4.39 Å². The van der Waals surface area contributed by atoms with Crippen LogP contribution in [0.3, 0.4) is 0 Å². The summed E-state index contributed by atoms with van der Waals surface area (Å²) < 4.78 is 18.3. The van der Waals surface area contributed by atoms with Crippen LogP contribution in [0.15, 0.2) is 12.1 Å². The largest absolute Gasteiger partial charge is 0.492 e. The van der Waals surface area contributed by atoms with E-state index in [0.29, 0.717) is 17.9 Å². The second-order valence-corrected chi connectivity index (χ2v) is 3.43. The maximum absolute atomic E-state index is 13.0. The summed E-state index contributed by atoms with van der Waals surface area (Å²) in [5, 5.41) is 0.263. The molecular formula is C10H13ClFNO. The van der Waals surface area contributed by atoms with Crippen LogP contribution in [0.5, 0.6) is 5.75 Å². The van der Waals surface area contributed by atoms with E-state index in [0.717, 1.165) is 0 Å². The second-order valence-electron chi connectivity index (χ2n) is 3.03. The van der Waals surface area contributed by atoms with E-state index in [1.54, 1.807) is 6.92 Å². The number of nitrogens with two attached hydrogens (primary N) is 1. The first kappa shape index (κ1) is 11.3. The Morgan fingerprint density at radius 2 is 2.21 bits per heavy atom. The number of benzene rings is 1. The van der Waals surface area contributed by atoms with Crippen LogP contribution in [0.2, 0.25) is 5.02 Å². The van der Waals surface area contributed by atoms with Gasteiger partial charge in [-0.15, -0.1) is 0 Å². The van der Waals surface area contributed by atoms with Crippen molar-refractivity contribution >= 4 is 11.6 Å². The van der Waals surface area contributed by atoms with Crippen LogP contribution < -0.4 is 10.5 Å². The van der Waals surface area contributed by atoms with Gasteiger partial charge < -0.3 is 10.5 Å². The number of halogens is 2. The van der Waals surface area contributed by atoms with E-state index in [1.807, 2.05) is 6.92 Å². The number of rotatable bonds is 3. The molecule has 1 atom stereocenters. The predicted octanol–water partition coefficient (Wildman–Crippen LogP) is 2.90. The lowest BCUT2D eigenvalue weighted by Gasteiger charge is -2.14. The van der Waals surface area contributed by atoms with Gasteiger partial charge >= 0.3 is 0 Å². The summed E-state index contributed by atoms with van der Waals surface area (Å²) in [5.41, 5.74) is 6.27. The van der Waals surface area contributed by atoms with Crippen LogP contribution in [0.1, 0.15) is 25.5 Å². The minimum absolute atomic E-state index is 0.263. The third-order valence-electron chi connectivity index (χ3n) is 1.82. The zero-order valence-electron chi connectivity index (χ0n) is 8.18. The molecule has 0 fully saturated rings. The molecule has 4 heteroatoms. The van der Waals surface area contributed by atoms with Gasteiger partial charge in [0.25, 0.3) is 0 Å². The molecule has 1 rings (SSSR count). The Labute approximate surface area is 87.8 Å². The molecule has 1 aromatic rings. The van der Waals surface area contributed by atoms with E-state index >= 15 is 0 Å². The molecule has 0 aliphatic rings. The Balaban J connectivity index is 3.21. The zero-order chi connectivity index (χ0) is 10.7. The molecule has 2 N–H and O–H groups in total. The summed E-state index contributed by atoms with van der Waals surface area (Å²) >= 11 is 5.84. The molecule has 0 aliphatic carbocycles. The molecule has 1 aromatic carbocycles. The highest BCUT2D eigenvalue weighted by Gasteiger charge is 2.13. The van der Waals surface area contributed by atoms with Gasteiger partial charge in [0.1, 0.15) is 11.6 Å². The molecule has 2 nitrogen and oxygen atoms in total. The first-order valence-corrected chi connectivity index (χ1v) is 4.81. The summed E-state index contributed by atoms with van der Waals surface area (Å²) in [6.07, 6.45) is 0. The summed E-state index contributed by atoms with van der Waals surface area (Å²) in [6, 6.07) is 2.27. The minimum atomic E-state index is -0.397. The third kappa shape index (κ3) is 2.36. The summed E-state index contributed by atoms with van der Waals surface area (Å²) in [4.78, 5) is 0. The van der Waals surface area contributed by atoms with Gasteiger partial charge in [-0.1, -0.05) is 11.6 Å². The minimum Gasteiger partial charge on any atom is -0.492 e. The first-order valence-electron chi connectivity index (χ1n) is 4.43. The Hall–Kier alpha value is -0.800. The smallest absolute Gasteiger partial charge is 0.142 e. The summed E-state index contributed by atoms with van der Waals surface area (Å²) in [6.45, 7) is 4.07. The van der Waals surface area contributed by atoms with Crippen molar-refractivity contribution in [1.82, 2.24) is 0 Å². The van der Waals surface area contributed by atoms with Crippen LogP contribution in [-0.2, 0) is 0 Å². The topological polar surface area (TPSA) is 35.2 Å². The first-order chi connectivity index (χ1) is 6.56. The Kier molecular flexibility index (Phi) is 3.72. The summed E-state index contributed by atoms with van der Waals surface area (Å²) in [5.74, 6) is 0.0799. The quantitative estimate of drug-likeness (QED) is 0.845. The van der Waals surface area contributed by atoms with Crippen LogP contribution >= 0.6 is 11.6 Å². The van der Waals surface area contributed by atoms with E-state index in [1.165, 1.54) is 12.1 Å². The highest BCUT2D eigenvalue weighted by molar-refractivity contribution is 6.32. The third-order valence-corrected chi connectivity index (χ3v) is 2.10. The monoisotopic (exact) mass is 217 g/mol. The van der Waals surface area contributed by atoms with Gasteiger partial charge in [-0.25, -0.2) is 4.39 Å². The lowest BCUT2D eigenvalue weighted by molar-refractivity contribution is 0.334. The van der Waals surface area contributed by atoms with Crippen molar-refractivity contribution in [2.75, 3.05) is 6.61 Å². The molecule has 0 spiro atoms. The van der Waals surface area contributed by atoms with Gasteiger partial charge in [0.15, 0.2) is 0 Å². The number of ether oxygens (including phenoxy) is 1. The standard InChI is InChI=1S/C10H13ClFNO/c1-3-14-10-8(6(2)13)4-7(12)5-9(10)11/h4-6H,3,13H2,1-2H3/t6-/m1/s1. The molecule has 0 aromatic heterocycles. The fourth-order valence-electron chi connectivity index (χ4n) is 1.22. The van der Waals surface area contributed by atoms with Gasteiger partial charge in [0.05, 0.1) is 11.6 Å². The molecule has 0 bridgehead atoms. The molecule has 0 radical (unpaired) electrons. The maximum Gasteiger partial charge on any atom is 0.142 e. The Morgan fingerprint density at radius 1 is 1.57 bits per heavy atom. The van der Waals surface area contributed by atoms with E-state index < -0.39 is 5.82 Å². The average Bonchev–Trinajstić information content (AvgIpc) is 2.09. The second kappa shape index (κ2) is 4.62. The Bertz CT molecular complexity index is 328. The van der Waals surface area contributed by atoms with Crippen LogP contribution in [0, 0.1) is 5.82 Å². The van der Waals surface area contributed by atoms with Crippen LogP contribution in [0.4, 0.5) is 4.39 Å². The number of hydrogen-bond donors (Lipinski definition) is 1. The van der Waals surface area contributed by atoms with Crippen molar-refractivity contribution in [3.8, 4) is 5.75 Å². The van der Waals surface area contributed by atoms with Crippen LogP contribution in [-0.4, -0.2) is 6.61 Å². The van der Waals surface area contributed by atoms with Crippen molar-refractivity contribution in [3.05, 3.63) is 28.5 Å². The predicted molar refractivity (Wildman–Crippen MR) is 55.2 cm³/mol. The molecule has 0 amide bonds. The zero-order valence-corrected chi connectivity index (χ0v) is 8.94. The van der Waals surface area contributed by atoms with Gasteiger partial charge in [0, 0.05) is 11.6 Å². The van der Waals surface area contributed by atoms with Gasteiger partial charge in [-0.3, -0.25) is 0 Å². The van der Waals surface area contributed by atoms with Crippen molar-refractivity contribution in [2.24, 2.45) is 5.73 Å². The Morgan fingerprint density at radius 3 is 2.71 bits per heavy atom. The molecular weight excluding hydrogens is 205 g/mol. The lowest BCUT2D eigenvalue weighted by Crippen LogP contribution is -2.09. The van der Waals surface area contributed by atoms with Gasteiger partial charge in [-0.05, 0) is 26.0 Å². The van der Waals surface area contributed by atoms with E-state index in [2.05, 4.69) is 0 Å². The van der Waals surface area contributed by atoms with Gasteiger partial charge in [-0.2, -0.15) is 0 Å². The molecule has 14 heavy (non-hydrogen) atoms. The van der Waals surface area contributed by atoms with Gasteiger partial charge in [0.2, 0.25) is 0 Å². The van der Waals surface area contributed by atoms with Crippen LogP contribution in [0.25, 0.3) is 0 Å². The maximum atomic E-state index is 13.0. The highest BCUT2D eigenvalue weighted by Crippen LogP contribution is 2.33. The highest BCUT2D eigenvalue weighted by atomic mass is 35.5. The lowest BCUT2D eigenvalue weighted by atomic mass is 10.1. The average molecular weight is 218 g/mol. The molecule has 0 saturated heterocycles. The summed E-state index contributed by atoms with van der Waals surface area (Å²) in [7, 11) is 0. The normalized spacial score (nSPS) is 12.6.